The summed E-state index contributed by atoms with van der Waals surface area (Å²) in [7, 11) is 1.60. The highest BCUT2D eigenvalue weighted by Crippen LogP contribution is 2.31. The fourth-order valence-corrected chi connectivity index (χ4v) is 3.37. The minimum absolute atomic E-state index is 0.155. The molecule has 0 aliphatic heterocycles. The molecule has 0 saturated carbocycles. The van der Waals surface area contributed by atoms with Gasteiger partial charge in [0.05, 0.1) is 11.9 Å². The number of ether oxygens (including phenoxy) is 2. The molecule has 0 aliphatic rings. The average molecular weight is 426 g/mol. The third-order valence-electron chi connectivity index (χ3n) is 4.99. The second kappa shape index (κ2) is 9.31. The fraction of sp³-hybridized carbons (Fsp3) is 0.115. The number of para-hydroxylation sites is 1. The second-order valence-electron chi connectivity index (χ2n) is 7.28. The summed E-state index contributed by atoms with van der Waals surface area (Å²) in [5.41, 5.74) is 2.97. The molecule has 0 bridgehead atoms. The van der Waals surface area contributed by atoms with Crippen molar-refractivity contribution in [2.24, 2.45) is 0 Å². The summed E-state index contributed by atoms with van der Waals surface area (Å²) in [6.45, 7) is 1.88. The first kappa shape index (κ1) is 21.1. The van der Waals surface area contributed by atoms with E-state index < -0.39 is 0 Å². The molecule has 0 radical (unpaired) electrons. The van der Waals surface area contributed by atoms with Gasteiger partial charge >= 0.3 is 5.97 Å². The third-order valence-corrected chi connectivity index (χ3v) is 4.99. The van der Waals surface area contributed by atoms with Crippen molar-refractivity contribution < 1.29 is 19.1 Å². The van der Waals surface area contributed by atoms with Crippen LogP contribution in [-0.2, 0) is 11.2 Å². The van der Waals surface area contributed by atoms with Crippen LogP contribution in [-0.4, -0.2) is 23.9 Å². The van der Waals surface area contributed by atoms with Crippen molar-refractivity contribution in [2.75, 3.05) is 7.05 Å². The highest BCUT2D eigenvalue weighted by molar-refractivity contribution is 6.00. The van der Waals surface area contributed by atoms with Gasteiger partial charge in [0.2, 0.25) is 0 Å². The molecule has 0 spiro atoms. The predicted molar refractivity (Wildman–Crippen MR) is 122 cm³/mol. The molecule has 0 aliphatic carbocycles. The fourth-order valence-electron chi connectivity index (χ4n) is 3.37. The number of fused-ring (bicyclic) bond motifs is 1. The second-order valence-corrected chi connectivity index (χ2v) is 7.28. The largest absolute Gasteiger partial charge is 0.457 e. The van der Waals surface area contributed by atoms with Crippen LogP contribution in [0.15, 0.2) is 79.0 Å². The summed E-state index contributed by atoms with van der Waals surface area (Å²) in [6.07, 6.45) is 1.83. The van der Waals surface area contributed by atoms with Gasteiger partial charge in [-0.25, -0.2) is 0 Å². The summed E-state index contributed by atoms with van der Waals surface area (Å²) in [4.78, 5) is 28.7. The van der Waals surface area contributed by atoms with E-state index in [2.05, 4.69) is 10.3 Å². The number of pyridine rings is 1. The number of hydrogen-bond acceptors (Lipinski definition) is 5. The number of hydrogen-bond donors (Lipinski definition) is 1. The number of aromatic nitrogens is 1. The molecule has 160 valence electrons. The molecule has 6 heteroatoms. The van der Waals surface area contributed by atoms with Crippen molar-refractivity contribution in [3.8, 4) is 17.2 Å². The molecule has 1 amide bonds. The zero-order valence-electron chi connectivity index (χ0n) is 17.8. The summed E-state index contributed by atoms with van der Waals surface area (Å²) >= 11 is 0. The highest BCUT2D eigenvalue weighted by Gasteiger charge is 2.13. The van der Waals surface area contributed by atoms with E-state index in [1.165, 1.54) is 0 Å². The van der Waals surface area contributed by atoms with Gasteiger partial charge in [0.1, 0.15) is 17.2 Å². The van der Waals surface area contributed by atoms with E-state index >= 15 is 0 Å². The quantitative estimate of drug-likeness (QED) is 0.353. The average Bonchev–Trinajstić information content (AvgIpc) is 2.80. The molecule has 6 nitrogen and oxygen atoms in total. The van der Waals surface area contributed by atoms with Gasteiger partial charge in [-0.2, -0.15) is 0 Å². The molecule has 0 saturated heterocycles. The van der Waals surface area contributed by atoms with Crippen LogP contribution in [0, 0.1) is 6.92 Å². The maximum absolute atomic E-state index is 12.2. The van der Waals surface area contributed by atoms with E-state index in [-0.39, 0.29) is 18.3 Å². The highest BCUT2D eigenvalue weighted by atomic mass is 16.5. The summed E-state index contributed by atoms with van der Waals surface area (Å²) < 4.78 is 11.4. The predicted octanol–water partition coefficient (Wildman–Crippen LogP) is 4.84. The van der Waals surface area contributed by atoms with Crippen LogP contribution < -0.4 is 14.8 Å². The summed E-state index contributed by atoms with van der Waals surface area (Å²) in [5.74, 6) is 1.23. The van der Waals surface area contributed by atoms with E-state index in [0.717, 1.165) is 22.0 Å². The van der Waals surface area contributed by atoms with Gasteiger partial charge in [0.25, 0.3) is 5.91 Å². The van der Waals surface area contributed by atoms with Crippen LogP contribution in [0.3, 0.4) is 0 Å². The minimum Gasteiger partial charge on any atom is -0.457 e. The number of amides is 1. The van der Waals surface area contributed by atoms with E-state index in [4.69, 9.17) is 9.47 Å². The lowest BCUT2D eigenvalue weighted by Crippen LogP contribution is -2.18. The minimum atomic E-state index is -0.331. The van der Waals surface area contributed by atoms with Crippen molar-refractivity contribution in [1.29, 1.82) is 0 Å². The lowest BCUT2D eigenvalue weighted by atomic mass is 10.0. The first-order chi connectivity index (χ1) is 15.5. The molecular formula is C26H22N2O4. The van der Waals surface area contributed by atoms with Gasteiger partial charge in [0, 0.05) is 24.2 Å². The Kier molecular flexibility index (Phi) is 6.12. The molecule has 1 N–H and O–H groups in total. The maximum atomic E-state index is 12.2. The molecule has 4 aromatic rings. The van der Waals surface area contributed by atoms with Crippen LogP contribution in [0.25, 0.3) is 10.9 Å². The van der Waals surface area contributed by atoms with Gasteiger partial charge < -0.3 is 14.8 Å². The number of carbonyl (C=O) groups is 2. The molecule has 0 atom stereocenters. The molecule has 1 heterocycles. The van der Waals surface area contributed by atoms with Gasteiger partial charge in [-0.1, -0.05) is 30.3 Å². The Hall–Kier alpha value is -4.19. The Morgan fingerprint density at radius 2 is 1.69 bits per heavy atom. The Bertz CT molecular complexity index is 1270. The molecule has 1 aromatic heterocycles. The standard InChI is InChI=1S/C26H22N2O4/c1-17-14-23-22(16-21(17)26(30)27-2)24(12-13-28-23)31-20-10-8-18(9-11-20)15-25(29)32-19-6-4-3-5-7-19/h3-14,16H,15H2,1-2H3,(H,27,30). The summed E-state index contributed by atoms with van der Waals surface area (Å²) in [6, 6.07) is 21.6. The topological polar surface area (TPSA) is 77.5 Å². The third kappa shape index (κ3) is 4.75. The van der Waals surface area contributed by atoms with Crippen LogP contribution >= 0.6 is 0 Å². The molecule has 0 fully saturated rings. The van der Waals surface area contributed by atoms with Crippen molar-refractivity contribution >= 4 is 22.8 Å². The normalized spacial score (nSPS) is 10.6. The number of nitrogens with zero attached hydrogens (tertiary/aromatic N) is 1. The zero-order valence-corrected chi connectivity index (χ0v) is 17.8. The van der Waals surface area contributed by atoms with Gasteiger partial charge in [-0.3, -0.25) is 14.6 Å². The maximum Gasteiger partial charge on any atom is 0.315 e. The van der Waals surface area contributed by atoms with Crippen LogP contribution in [0.5, 0.6) is 17.2 Å². The Labute approximate surface area is 185 Å². The lowest BCUT2D eigenvalue weighted by molar-refractivity contribution is -0.133. The van der Waals surface area contributed by atoms with Gasteiger partial charge in [-0.05, 0) is 60.5 Å². The SMILES string of the molecule is CNC(=O)c1cc2c(Oc3ccc(CC(=O)Oc4ccccc4)cc3)ccnc2cc1C. The molecule has 32 heavy (non-hydrogen) atoms. The van der Waals surface area contributed by atoms with E-state index in [9.17, 15) is 9.59 Å². The smallest absolute Gasteiger partial charge is 0.315 e. The van der Waals surface area contributed by atoms with Crippen molar-refractivity contribution in [3.63, 3.8) is 0 Å². The molecule has 4 rings (SSSR count). The lowest BCUT2D eigenvalue weighted by Gasteiger charge is -2.12. The monoisotopic (exact) mass is 426 g/mol. The summed E-state index contributed by atoms with van der Waals surface area (Å²) in [5, 5.41) is 3.40. The number of carbonyl (C=O) groups excluding carboxylic acids is 2. The Balaban J connectivity index is 1.51. The number of rotatable bonds is 6. The first-order valence-electron chi connectivity index (χ1n) is 10.2. The Morgan fingerprint density at radius 3 is 2.41 bits per heavy atom. The number of esters is 1. The molecule has 0 unspecified atom stereocenters. The molecule has 3 aromatic carbocycles. The zero-order chi connectivity index (χ0) is 22.5. The van der Waals surface area contributed by atoms with Crippen LogP contribution in [0.4, 0.5) is 0 Å². The van der Waals surface area contributed by atoms with Crippen LogP contribution in [0.2, 0.25) is 0 Å². The first-order valence-corrected chi connectivity index (χ1v) is 10.2. The number of aryl methyl sites for hydroxylation is 1. The van der Waals surface area contributed by atoms with Crippen molar-refractivity contribution in [3.05, 3.63) is 95.7 Å². The van der Waals surface area contributed by atoms with E-state index in [1.807, 2.05) is 43.3 Å². The van der Waals surface area contributed by atoms with Crippen molar-refractivity contribution in [1.82, 2.24) is 10.3 Å². The van der Waals surface area contributed by atoms with Gasteiger partial charge in [-0.15, -0.1) is 0 Å². The number of nitrogens with one attached hydrogen (secondary N) is 1. The van der Waals surface area contributed by atoms with Gasteiger partial charge in [0.15, 0.2) is 0 Å². The Morgan fingerprint density at radius 1 is 0.938 bits per heavy atom. The van der Waals surface area contributed by atoms with E-state index in [1.54, 1.807) is 49.6 Å². The molecular weight excluding hydrogens is 404 g/mol. The van der Waals surface area contributed by atoms with Crippen molar-refractivity contribution in [2.45, 2.75) is 13.3 Å². The van der Waals surface area contributed by atoms with E-state index in [0.29, 0.717) is 22.8 Å². The van der Waals surface area contributed by atoms with Crippen LogP contribution in [0.1, 0.15) is 21.5 Å². The number of benzene rings is 3.